The lowest BCUT2D eigenvalue weighted by molar-refractivity contribution is -0.285. The first kappa shape index (κ1) is 18.0. The number of hydrogen-bond acceptors (Lipinski definition) is 8. The second-order valence-electron chi connectivity index (χ2n) is 4.38. The number of methoxy groups -OCH3 is 1. The van der Waals surface area contributed by atoms with Gasteiger partial charge in [-0.25, -0.2) is 0 Å². The predicted molar refractivity (Wildman–Crippen MR) is 69.4 cm³/mol. The zero-order valence-corrected chi connectivity index (χ0v) is 12.7. The molecule has 1 aliphatic heterocycles. The van der Waals surface area contributed by atoms with Crippen LogP contribution >= 0.6 is 7.60 Å². The molecular formula is C11H23O8P. The van der Waals surface area contributed by atoms with Crippen LogP contribution in [0.2, 0.25) is 0 Å². The summed E-state index contributed by atoms with van der Waals surface area (Å²) >= 11 is 0. The van der Waals surface area contributed by atoms with Gasteiger partial charge in [0.1, 0.15) is 24.4 Å². The highest BCUT2D eigenvalue weighted by molar-refractivity contribution is 7.53. The largest absolute Gasteiger partial charge is 0.388 e. The van der Waals surface area contributed by atoms with Gasteiger partial charge in [-0.15, -0.1) is 0 Å². The van der Waals surface area contributed by atoms with Crippen LogP contribution in [0.4, 0.5) is 0 Å². The van der Waals surface area contributed by atoms with E-state index < -0.39 is 38.3 Å². The normalized spacial score (nSPS) is 35.2. The summed E-state index contributed by atoms with van der Waals surface area (Å²) in [4.78, 5) is 0. The lowest BCUT2D eigenvalue weighted by Crippen LogP contribution is -2.58. The molecule has 0 radical (unpaired) electrons. The van der Waals surface area contributed by atoms with Gasteiger partial charge in [0.25, 0.3) is 0 Å². The SMILES string of the molecule is CCOP(=O)(C[C@H]1O[C@H](OC)[C@@H](O)[C@@H](O)[C@@H]1O)OCC. The van der Waals surface area contributed by atoms with Crippen LogP contribution in [-0.2, 0) is 23.1 Å². The highest BCUT2D eigenvalue weighted by Crippen LogP contribution is 2.50. The van der Waals surface area contributed by atoms with Crippen molar-refractivity contribution in [1.82, 2.24) is 0 Å². The van der Waals surface area contributed by atoms with Crippen molar-refractivity contribution in [2.24, 2.45) is 0 Å². The van der Waals surface area contributed by atoms with Crippen LogP contribution in [0.1, 0.15) is 13.8 Å². The van der Waals surface area contributed by atoms with E-state index in [2.05, 4.69) is 0 Å². The third-order valence-electron chi connectivity index (χ3n) is 2.96. The molecule has 0 unspecified atom stereocenters. The van der Waals surface area contributed by atoms with E-state index >= 15 is 0 Å². The zero-order valence-electron chi connectivity index (χ0n) is 11.8. The lowest BCUT2D eigenvalue weighted by atomic mass is 10.00. The van der Waals surface area contributed by atoms with E-state index in [9.17, 15) is 19.9 Å². The first-order valence-electron chi connectivity index (χ1n) is 6.49. The standard InChI is InChI=1S/C11H23O8P/c1-4-17-20(15,18-5-2)6-7-8(12)9(13)10(14)11(16-3)19-7/h7-14H,4-6H2,1-3H3/t7-,8-,9+,10+,11+/m1/s1. The van der Waals surface area contributed by atoms with Crippen molar-refractivity contribution >= 4 is 7.60 Å². The van der Waals surface area contributed by atoms with E-state index in [-0.39, 0.29) is 19.4 Å². The molecule has 0 saturated carbocycles. The van der Waals surface area contributed by atoms with Crippen molar-refractivity contribution in [1.29, 1.82) is 0 Å². The van der Waals surface area contributed by atoms with Gasteiger partial charge in [-0.2, -0.15) is 0 Å². The highest BCUT2D eigenvalue weighted by atomic mass is 31.2. The smallest absolute Gasteiger partial charge is 0.333 e. The van der Waals surface area contributed by atoms with Crippen LogP contribution in [0.25, 0.3) is 0 Å². The maximum absolute atomic E-state index is 12.4. The van der Waals surface area contributed by atoms with E-state index in [0.29, 0.717) is 0 Å². The van der Waals surface area contributed by atoms with Crippen molar-refractivity contribution in [3.8, 4) is 0 Å². The van der Waals surface area contributed by atoms with Gasteiger partial charge in [-0.3, -0.25) is 4.57 Å². The second-order valence-corrected chi connectivity index (χ2v) is 6.48. The first-order chi connectivity index (χ1) is 9.38. The fraction of sp³-hybridized carbons (Fsp3) is 1.00. The molecule has 1 fully saturated rings. The lowest BCUT2D eigenvalue weighted by Gasteiger charge is -2.40. The number of aliphatic hydroxyl groups is 3. The average Bonchev–Trinajstić information content (AvgIpc) is 2.40. The Labute approximate surface area is 118 Å². The summed E-state index contributed by atoms with van der Waals surface area (Å²) < 4.78 is 32.8. The maximum atomic E-state index is 12.4. The predicted octanol–water partition coefficient (Wildman–Crippen LogP) is -0.294. The Morgan fingerprint density at radius 2 is 1.60 bits per heavy atom. The Hall–Kier alpha value is -0.0500. The van der Waals surface area contributed by atoms with E-state index in [0.717, 1.165) is 0 Å². The molecule has 0 aromatic carbocycles. The summed E-state index contributed by atoms with van der Waals surface area (Å²) in [6, 6.07) is 0. The molecule has 0 spiro atoms. The van der Waals surface area contributed by atoms with Crippen molar-refractivity contribution in [3.63, 3.8) is 0 Å². The topological polar surface area (TPSA) is 115 Å². The van der Waals surface area contributed by atoms with Gasteiger partial charge in [0.15, 0.2) is 6.29 Å². The van der Waals surface area contributed by atoms with Crippen LogP contribution < -0.4 is 0 Å². The van der Waals surface area contributed by atoms with Crippen LogP contribution in [0, 0.1) is 0 Å². The molecule has 9 heteroatoms. The molecule has 1 rings (SSSR count). The van der Waals surface area contributed by atoms with Gasteiger partial charge >= 0.3 is 7.60 Å². The Balaban J connectivity index is 2.80. The Morgan fingerprint density at radius 1 is 1.05 bits per heavy atom. The molecule has 3 N–H and O–H groups in total. The van der Waals surface area contributed by atoms with Crippen LogP contribution in [0.15, 0.2) is 0 Å². The van der Waals surface area contributed by atoms with Crippen molar-refractivity contribution in [2.45, 2.75) is 44.6 Å². The van der Waals surface area contributed by atoms with Crippen LogP contribution in [0.5, 0.6) is 0 Å². The van der Waals surface area contributed by atoms with E-state index in [1.807, 2.05) is 0 Å². The fourth-order valence-electron chi connectivity index (χ4n) is 2.02. The Kier molecular flexibility index (Phi) is 7.03. The highest BCUT2D eigenvalue weighted by Gasteiger charge is 2.46. The quantitative estimate of drug-likeness (QED) is 0.549. The number of ether oxygens (including phenoxy) is 2. The summed E-state index contributed by atoms with van der Waals surface area (Å²) in [7, 11) is -2.15. The molecular weight excluding hydrogens is 291 g/mol. The first-order valence-corrected chi connectivity index (χ1v) is 8.21. The third kappa shape index (κ3) is 4.22. The molecule has 20 heavy (non-hydrogen) atoms. The second kappa shape index (κ2) is 7.82. The molecule has 8 nitrogen and oxygen atoms in total. The molecule has 0 bridgehead atoms. The Morgan fingerprint density at radius 3 is 2.05 bits per heavy atom. The molecule has 0 amide bonds. The Bertz CT molecular complexity index is 326. The molecule has 1 saturated heterocycles. The van der Waals surface area contributed by atoms with Crippen LogP contribution in [0.3, 0.4) is 0 Å². The van der Waals surface area contributed by atoms with Gasteiger partial charge in [-0.1, -0.05) is 0 Å². The van der Waals surface area contributed by atoms with Gasteiger partial charge < -0.3 is 33.8 Å². The minimum absolute atomic E-state index is 0.180. The van der Waals surface area contributed by atoms with Crippen molar-refractivity contribution in [3.05, 3.63) is 0 Å². The summed E-state index contributed by atoms with van der Waals surface area (Å²) in [5, 5.41) is 29.3. The maximum Gasteiger partial charge on any atom is 0.333 e. The van der Waals surface area contributed by atoms with Gasteiger partial charge in [0, 0.05) is 7.11 Å². The molecule has 1 heterocycles. The van der Waals surface area contributed by atoms with E-state index in [4.69, 9.17) is 18.5 Å². The van der Waals surface area contributed by atoms with Gasteiger partial charge in [-0.05, 0) is 13.8 Å². The van der Waals surface area contributed by atoms with E-state index in [1.54, 1.807) is 13.8 Å². The average molecular weight is 314 g/mol. The van der Waals surface area contributed by atoms with E-state index in [1.165, 1.54) is 7.11 Å². The fourth-order valence-corrected chi connectivity index (χ4v) is 3.83. The van der Waals surface area contributed by atoms with Crippen molar-refractivity contribution in [2.75, 3.05) is 26.5 Å². The summed E-state index contributed by atoms with van der Waals surface area (Å²) in [6.07, 6.45) is -6.64. The van der Waals surface area contributed by atoms with Gasteiger partial charge in [0.05, 0.1) is 19.4 Å². The molecule has 1 aliphatic rings. The molecule has 0 aromatic rings. The third-order valence-corrected chi connectivity index (χ3v) is 5.07. The molecule has 120 valence electrons. The zero-order chi connectivity index (χ0) is 15.3. The summed E-state index contributed by atoms with van der Waals surface area (Å²) in [5.74, 6) is 0. The summed E-state index contributed by atoms with van der Waals surface area (Å²) in [6.45, 7) is 3.69. The molecule has 0 aromatic heterocycles. The number of aliphatic hydroxyl groups excluding tert-OH is 3. The molecule has 0 aliphatic carbocycles. The van der Waals surface area contributed by atoms with Crippen LogP contribution in [-0.4, -0.2) is 72.5 Å². The number of rotatable bonds is 7. The van der Waals surface area contributed by atoms with Crippen molar-refractivity contribution < 1.29 is 38.4 Å². The number of hydrogen-bond donors (Lipinski definition) is 3. The monoisotopic (exact) mass is 314 g/mol. The minimum atomic E-state index is -3.44. The molecule has 5 atom stereocenters. The summed E-state index contributed by atoms with van der Waals surface area (Å²) in [5.41, 5.74) is 0. The minimum Gasteiger partial charge on any atom is -0.388 e. The van der Waals surface area contributed by atoms with Gasteiger partial charge in [0.2, 0.25) is 0 Å².